The van der Waals surface area contributed by atoms with Gasteiger partial charge in [-0.25, -0.2) is 0 Å². The van der Waals surface area contributed by atoms with Gasteiger partial charge in [-0.2, -0.15) is 0 Å². The van der Waals surface area contributed by atoms with E-state index in [0.717, 1.165) is 0 Å². The minimum absolute atomic E-state index is 0.0176. The minimum Gasteiger partial charge on any atom is -0.497 e. The van der Waals surface area contributed by atoms with Crippen molar-refractivity contribution in [3.05, 3.63) is 17.7 Å². The number of methoxy groups -OCH3 is 3. The summed E-state index contributed by atoms with van der Waals surface area (Å²) >= 11 is 0. The van der Waals surface area contributed by atoms with Crippen molar-refractivity contribution in [2.24, 2.45) is 0 Å². The molecule has 0 aromatic heterocycles. The number of hydrogen-bond donors (Lipinski definition) is 1. The van der Waals surface area contributed by atoms with Crippen LogP contribution in [0.1, 0.15) is 18.9 Å². The highest BCUT2D eigenvalue weighted by Gasteiger charge is 2.47. The highest BCUT2D eigenvalue weighted by atomic mass is 16.6. The molecule has 0 saturated carbocycles. The standard InChI is InChI=1S/C13H17BO6/c1-13(7-11(15)19-4)12-9(14(16)20-13)5-8(17-2)6-10(12)18-3/h5-6,16H,7H2,1-4H3. The summed E-state index contributed by atoms with van der Waals surface area (Å²) in [5.74, 6) is 0.623. The first-order chi connectivity index (χ1) is 9.45. The van der Waals surface area contributed by atoms with E-state index in [1.54, 1.807) is 19.1 Å². The molecule has 0 aliphatic carbocycles. The van der Waals surface area contributed by atoms with Crippen molar-refractivity contribution < 1.29 is 28.7 Å². The van der Waals surface area contributed by atoms with Gasteiger partial charge in [0.1, 0.15) is 11.5 Å². The van der Waals surface area contributed by atoms with Gasteiger partial charge in [-0.1, -0.05) is 0 Å². The summed E-state index contributed by atoms with van der Waals surface area (Å²) in [4.78, 5) is 11.6. The molecule has 1 heterocycles. The third-order valence-electron chi connectivity index (χ3n) is 3.44. The molecule has 20 heavy (non-hydrogen) atoms. The lowest BCUT2D eigenvalue weighted by Crippen LogP contribution is -2.30. The maximum atomic E-state index is 11.6. The molecule has 1 unspecified atom stereocenters. The van der Waals surface area contributed by atoms with Crippen molar-refractivity contribution >= 4 is 18.6 Å². The Kier molecular flexibility index (Phi) is 3.92. The van der Waals surface area contributed by atoms with Crippen LogP contribution in [0.15, 0.2) is 12.1 Å². The second kappa shape index (κ2) is 5.34. The summed E-state index contributed by atoms with van der Waals surface area (Å²) in [5, 5.41) is 10.1. The van der Waals surface area contributed by atoms with Crippen LogP contribution in [0.25, 0.3) is 0 Å². The Bertz CT molecular complexity index is 532. The quantitative estimate of drug-likeness (QED) is 0.627. The zero-order valence-electron chi connectivity index (χ0n) is 11.9. The van der Waals surface area contributed by atoms with Crippen LogP contribution in [0.4, 0.5) is 0 Å². The van der Waals surface area contributed by atoms with Gasteiger partial charge in [-0.3, -0.25) is 4.79 Å². The molecular formula is C13H17BO6. The summed E-state index contributed by atoms with van der Waals surface area (Å²) in [6.07, 6.45) is -0.0176. The number of rotatable bonds is 4. The maximum absolute atomic E-state index is 11.6. The second-order valence-electron chi connectivity index (χ2n) is 4.75. The Morgan fingerprint density at radius 1 is 1.35 bits per heavy atom. The molecule has 0 amide bonds. The number of fused-ring (bicyclic) bond motifs is 1. The zero-order chi connectivity index (χ0) is 14.9. The van der Waals surface area contributed by atoms with Crippen LogP contribution >= 0.6 is 0 Å². The molecule has 1 atom stereocenters. The molecule has 0 fully saturated rings. The van der Waals surface area contributed by atoms with Gasteiger partial charge >= 0.3 is 13.1 Å². The Labute approximate surface area is 117 Å². The molecule has 6 nitrogen and oxygen atoms in total. The molecular weight excluding hydrogens is 263 g/mol. The minimum atomic E-state index is -1.14. The van der Waals surface area contributed by atoms with Gasteiger partial charge in [0, 0.05) is 11.6 Å². The van der Waals surface area contributed by atoms with E-state index in [0.29, 0.717) is 22.5 Å². The Balaban J connectivity index is 2.53. The Morgan fingerprint density at radius 3 is 2.60 bits per heavy atom. The number of carbonyl (C=O) groups is 1. The predicted octanol–water partition coefficient (Wildman–Crippen LogP) is 0.200. The number of ether oxygens (including phenoxy) is 3. The van der Waals surface area contributed by atoms with Crippen LogP contribution in [0.5, 0.6) is 11.5 Å². The van der Waals surface area contributed by atoms with Crippen LogP contribution in [0.2, 0.25) is 0 Å². The van der Waals surface area contributed by atoms with E-state index in [4.69, 9.17) is 14.1 Å². The molecule has 1 aliphatic rings. The predicted molar refractivity (Wildman–Crippen MR) is 72.2 cm³/mol. The van der Waals surface area contributed by atoms with Crippen molar-refractivity contribution in [3.8, 4) is 11.5 Å². The molecule has 1 aromatic carbocycles. The zero-order valence-corrected chi connectivity index (χ0v) is 11.9. The lowest BCUT2D eigenvalue weighted by Gasteiger charge is -2.26. The smallest absolute Gasteiger partial charge is 0.492 e. The molecule has 0 saturated heterocycles. The number of carbonyl (C=O) groups excluding carboxylic acids is 1. The van der Waals surface area contributed by atoms with Crippen molar-refractivity contribution in [1.82, 2.24) is 0 Å². The highest BCUT2D eigenvalue weighted by molar-refractivity contribution is 6.62. The first-order valence-electron chi connectivity index (χ1n) is 6.14. The van der Waals surface area contributed by atoms with Crippen LogP contribution in [-0.4, -0.2) is 39.4 Å². The van der Waals surface area contributed by atoms with E-state index < -0.39 is 18.7 Å². The SMILES string of the molecule is COC(=O)CC1(C)OB(O)c2cc(OC)cc(OC)c21. The van der Waals surface area contributed by atoms with E-state index in [-0.39, 0.29) is 6.42 Å². The largest absolute Gasteiger partial charge is 0.497 e. The van der Waals surface area contributed by atoms with Crippen molar-refractivity contribution in [1.29, 1.82) is 0 Å². The second-order valence-corrected chi connectivity index (χ2v) is 4.75. The molecule has 0 spiro atoms. The lowest BCUT2D eigenvalue weighted by atomic mass is 9.77. The highest BCUT2D eigenvalue weighted by Crippen LogP contribution is 2.41. The number of esters is 1. The third-order valence-corrected chi connectivity index (χ3v) is 3.44. The summed E-state index contributed by atoms with van der Waals surface area (Å²) in [5.41, 5.74) is 0.172. The van der Waals surface area contributed by atoms with E-state index >= 15 is 0 Å². The van der Waals surface area contributed by atoms with Crippen molar-refractivity contribution in [3.63, 3.8) is 0 Å². The van der Waals surface area contributed by atoms with E-state index in [1.807, 2.05) is 0 Å². The third kappa shape index (κ3) is 2.34. The van der Waals surface area contributed by atoms with Crippen LogP contribution in [-0.2, 0) is 19.8 Å². The molecule has 0 bridgehead atoms. The van der Waals surface area contributed by atoms with E-state index in [9.17, 15) is 9.82 Å². The average Bonchev–Trinajstić information content (AvgIpc) is 2.69. The molecule has 1 aliphatic heterocycles. The first kappa shape index (κ1) is 14.7. The summed E-state index contributed by atoms with van der Waals surface area (Å²) in [6, 6.07) is 3.36. The van der Waals surface area contributed by atoms with Gasteiger partial charge in [0.15, 0.2) is 0 Å². The topological polar surface area (TPSA) is 74.2 Å². The van der Waals surface area contributed by atoms with Gasteiger partial charge in [0.2, 0.25) is 0 Å². The molecule has 7 heteroatoms. The van der Waals surface area contributed by atoms with Crippen LogP contribution in [0, 0.1) is 0 Å². The molecule has 108 valence electrons. The number of hydrogen-bond acceptors (Lipinski definition) is 6. The molecule has 0 radical (unpaired) electrons. The summed E-state index contributed by atoms with van der Waals surface area (Å²) < 4.78 is 20.7. The van der Waals surface area contributed by atoms with Gasteiger partial charge in [0.05, 0.1) is 33.4 Å². The van der Waals surface area contributed by atoms with Crippen LogP contribution in [0.3, 0.4) is 0 Å². The Morgan fingerprint density at radius 2 is 2.05 bits per heavy atom. The van der Waals surface area contributed by atoms with Gasteiger partial charge < -0.3 is 23.9 Å². The Hall–Kier alpha value is -1.73. The average molecular weight is 280 g/mol. The van der Waals surface area contributed by atoms with E-state index in [2.05, 4.69) is 4.74 Å². The first-order valence-corrected chi connectivity index (χ1v) is 6.14. The fourth-order valence-electron chi connectivity index (χ4n) is 2.50. The van der Waals surface area contributed by atoms with Gasteiger partial charge in [-0.15, -0.1) is 0 Å². The van der Waals surface area contributed by atoms with Crippen molar-refractivity contribution in [2.75, 3.05) is 21.3 Å². The number of benzene rings is 1. The maximum Gasteiger partial charge on any atom is 0.492 e. The monoisotopic (exact) mass is 280 g/mol. The fourth-order valence-corrected chi connectivity index (χ4v) is 2.50. The molecule has 1 aromatic rings. The molecule has 2 rings (SSSR count). The summed E-state index contributed by atoms with van der Waals surface area (Å²) in [7, 11) is 3.21. The molecule has 1 N–H and O–H groups in total. The van der Waals surface area contributed by atoms with Gasteiger partial charge in [0.25, 0.3) is 0 Å². The summed E-state index contributed by atoms with van der Waals surface area (Å²) in [6.45, 7) is 1.72. The van der Waals surface area contributed by atoms with Gasteiger partial charge in [-0.05, 0) is 18.5 Å². The van der Waals surface area contributed by atoms with Crippen LogP contribution < -0.4 is 14.9 Å². The lowest BCUT2D eigenvalue weighted by molar-refractivity contribution is -0.145. The fraction of sp³-hybridized carbons (Fsp3) is 0.462. The van der Waals surface area contributed by atoms with Crippen molar-refractivity contribution in [2.45, 2.75) is 18.9 Å². The normalized spacial score (nSPS) is 20.6. The van der Waals surface area contributed by atoms with E-state index in [1.165, 1.54) is 21.3 Å².